The maximum Gasteiger partial charge on any atom is 0.295 e. The summed E-state index contributed by atoms with van der Waals surface area (Å²) in [6.45, 7) is 5.86. The zero-order valence-corrected chi connectivity index (χ0v) is 12.8. The number of fused-ring (bicyclic) bond motifs is 1. The Hall–Kier alpha value is -2.76. The molecule has 2 heterocycles. The van der Waals surface area contributed by atoms with Crippen LogP contribution in [-0.2, 0) is 6.42 Å². The molecule has 0 bridgehead atoms. The summed E-state index contributed by atoms with van der Waals surface area (Å²) in [7, 11) is 0. The fourth-order valence-corrected chi connectivity index (χ4v) is 2.32. The molecule has 3 rings (SSSR count). The van der Waals surface area contributed by atoms with Crippen molar-refractivity contribution in [3.8, 4) is 0 Å². The first-order chi connectivity index (χ1) is 10.6. The highest BCUT2D eigenvalue weighted by Gasteiger charge is 2.15. The monoisotopic (exact) mass is 295 g/mol. The minimum Gasteiger partial charge on any atom is -0.319 e. The number of amides is 1. The van der Waals surface area contributed by atoms with Crippen LogP contribution in [0.3, 0.4) is 0 Å². The smallest absolute Gasteiger partial charge is 0.295 e. The standard InChI is InChI=1S/C16H17N5O/c1-4-12-6-5-7-13(9-12)18-15(22)14-19-16-17-10(2)8-11(3)21(16)20-14/h5-9H,4H2,1-3H3,(H,18,22). The van der Waals surface area contributed by atoms with Crippen LogP contribution in [0.5, 0.6) is 0 Å². The van der Waals surface area contributed by atoms with Crippen molar-refractivity contribution in [3.05, 3.63) is 53.1 Å². The lowest BCUT2D eigenvalue weighted by molar-refractivity contribution is 0.101. The molecule has 22 heavy (non-hydrogen) atoms. The number of aryl methyl sites for hydroxylation is 3. The van der Waals surface area contributed by atoms with E-state index in [2.05, 4.69) is 27.3 Å². The number of aromatic nitrogens is 4. The third-order valence-corrected chi connectivity index (χ3v) is 3.41. The molecule has 0 aliphatic rings. The Labute approximate surface area is 128 Å². The van der Waals surface area contributed by atoms with E-state index in [1.165, 1.54) is 0 Å². The Balaban J connectivity index is 1.90. The first-order valence-corrected chi connectivity index (χ1v) is 7.18. The molecule has 0 aliphatic carbocycles. The van der Waals surface area contributed by atoms with Crippen LogP contribution in [0.25, 0.3) is 5.78 Å². The van der Waals surface area contributed by atoms with E-state index in [9.17, 15) is 4.79 Å². The number of nitrogens with zero attached hydrogens (tertiary/aromatic N) is 4. The lowest BCUT2D eigenvalue weighted by atomic mass is 10.1. The second kappa shape index (κ2) is 5.55. The van der Waals surface area contributed by atoms with Crippen molar-refractivity contribution in [2.45, 2.75) is 27.2 Å². The zero-order chi connectivity index (χ0) is 15.7. The molecule has 112 valence electrons. The van der Waals surface area contributed by atoms with E-state index in [-0.39, 0.29) is 11.7 Å². The van der Waals surface area contributed by atoms with E-state index in [1.54, 1.807) is 4.52 Å². The second-order valence-corrected chi connectivity index (χ2v) is 5.19. The van der Waals surface area contributed by atoms with Gasteiger partial charge in [0.1, 0.15) is 0 Å². The normalized spacial score (nSPS) is 10.9. The lowest BCUT2D eigenvalue weighted by Gasteiger charge is -2.04. The van der Waals surface area contributed by atoms with Gasteiger partial charge in [0.05, 0.1) is 0 Å². The van der Waals surface area contributed by atoms with Gasteiger partial charge in [-0.3, -0.25) is 4.79 Å². The van der Waals surface area contributed by atoms with E-state index < -0.39 is 0 Å². The van der Waals surface area contributed by atoms with Gasteiger partial charge in [-0.25, -0.2) is 9.50 Å². The number of carbonyl (C=O) groups excluding carboxylic acids is 1. The number of benzene rings is 1. The first-order valence-electron chi connectivity index (χ1n) is 7.18. The van der Waals surface area contributed by atoms with Crippen LogP contribution >= 0.6 is 0 Å². The Bertz CT molecular complexity index is 853. The van der Waals surface area contributed by atoms with Crippen molar-refractivity contribution >= 4 is 17.4 Å². The highest BCUT2D eigenvalue weighted by atomic mass is 16.2. The molecular weight excluding hydrogens is 278 g/mol. The molecule has 0 radical (unpaired) electrons. The van der Waals surface area contributed by atoms with Gasteiger partial charge in [0.2, 0.25) is 5.82 Å². The fraction of sp³-hybridized carbons (Fsp3) is 0.250. The Kier molecular flexibility index (Phi) is 3.58. The summed E-state index contributed by atoms with van der Waals surface area (Å²) in [6.07, 6.45) is 0.915. The van der Waals surface area contributed by atoms with E-state index in [0.717, 1.165) is 29.1 Å². The van der Waals surface area contributed by atoms with E-state index in [4.69, 9.17) is 0 Å². The van der Waals surface area contributed by atoms with Crippen molar-refractivity contribution in [2.24, 2.45) is 0 Å². The maximum atomic E-state index is 12.3. The van der Waals surface area contributed by atoms with Gasteiger partial charge in [-0.15, -0.1) is 5.10 Å². The van der Waals surface area contributed by atoms with Crippen LogP contribution in [0, 0.1) is 13.8 Å². The number of anilines is 1. The van der Waals surface area contributed by atoms with Crippen LogP contribution < -0.4 is 5.32 Å². The SMILES string of the molecule is CCc1cccc(NC(=O)c2nc3nc(C)cc(C)n3n2)c1. The van der Waals surface area contributed by atoms with Crippen LogP contribution in [0.1, 0.15) is 34.5 Å². The number of carbonyl (C=O) groups is 1. The average molecular weight is 295 g/mol. The highest BCUT2D eigenvalue weighted by molar-refractivity contribution is 6.01. The quantitative estimate of drug-likeness (QED) is 0.806. The van der Waals surface area contributed by atoms with Crippen molar-refractivity contribution in [2.75, 3.05) is 5.32 Å². The summed E-state index contributed by atoms with van der Waals surface area (Å²) in [5.41, 5.74) is 3.64. The molecule has 0 spiro atoms. The predicted molar refractivity (Wildman–Crippen MR) is 84.0 cm³/mol. The molecule has 0 fully saturated rings. The van der Waals surface area contributed by atoms with Gasteiger partial charge in [-0.05, 0) is 44.0 Å². The van der Waals surface area contributed by atoms with Gasteiger partial charge < -0.3 is 5.32 Å². The third-order valence-electron chi connectivity index (χ3n) is 3.41. The Morgan fingerprint density at radius 3 is 2.82 bits per heavy atom. The molecule has 0 unspecified atom stereocenters. The van der Waals surface area contributed by atoms with E-state index in [0.29, 0.717) is 5.78 Å². The van der Waals surface area contributed by atoms with Gasteiger partial charge >= 0.3 is 0 Å². The molecule has 0 saturated heterocycles. The largest absolute Gasteiger partial charge is 0.319 e. The summed E-state index contributed by atoms with van der Waals surface area (Å²) in [6, 6.07) is 9.63. The maximum absolute atomic E-state index is 12.3. The van der Waals surface area contributed by atoms with Gasteiger partial charge in [-0.1, -0.05) is 19.1 Å². The number of hydrogen-bond donors (Lipinski definition) is 1. The van der Waals surface area contributed by atoms with Gasteiger partial charge in [-0.2, -0.15) is 4.98 Å². The number of rotatable bonds is 3. The highest BCUT2D eigenvalue weighted by Crippen LogP contribution is 2.12. The van der Waals surface area contributed by atoms with Crippen molar-refractivity contribution in [3.63, 3.8) is 0 Å². The molecule has 1 amide bonds. The van der Waals surface area contributed by atoms with Crippen LogP contribution in [-0.4, -0.2) is 25.5 Å². The average Bonchev–Trinajstić information content (AvgIpc) is 2.92. The minimum absolute atomic E-state index is 0.114. The molecule has 0 saturated carbocycles. The molecule has 0 aliphatic heterocycles. The molecular formula is C16H17N5O. The third kappa shape index (κ3) is 2.67. The molecule has 3 aromatic rings. The zero-order valence-electron chi connectivity index (χ0n) is 12.8. The molecule has 1 N–H and O–H groups in total. The number of nitrogens with one attached hydrogen (secondary N) is 1. The number of hydrogen-bond acceptors (Lipinski definition) is 4. The van der Waals surface area contributed by atoms with E-state index in [1.807, 2.05) is 44.2 Å². The molecule has 1 aromatic carbocycles. The summed E-state index contributed by atoms with van der Waals surface area (Å²) in [4.78, 5) is 20.8. The Morgan fingerprint density at radius 1 is 1.23 bits per heavy atom. The van der Waals surface area contributed by atoms with Crippen LogP contribution in [0.15, 0.2) is 30.3 Å². The van der Waals surface area contributed by atoms with Crippen molar-refractivity contribution < 1.29 is 4.79 Å². The summed E-state index contributed by atoms with van der Waals surface area (Å²) in [5.74, 6) is 0.212. The first kappa shape index (κ1) is 14.2. The Morgan fingerprint density at radius 2 is 2.05 bits per heavy atom. The van der Waals surface area contributed by atoms with Gasteiger partial charge in [0.25, 0.3) is 11.7 Å². The van der Waals surface area contributed by atoms with Crippen LogP contribution in [0.2, 0.25) is 0 Å². The van der Waals surface area contributed by atoms with Gasteiger partial charge in [0.15, 0.2) is 0 Å². The lowest BCUT2D eigenvalue weighted by Crippen LogP contribution is -2.14. The second-order valence-electron chi connectivity index (χ2n) is 5.19. The molecule has 6 heteroatoms. The summed E-state index contributed by atoms with van der Waals surface area (Å²) < 4.78 is 1.57. The van der Waals surface area contributed by atoms with Crippen molar-refractivity contribution in [1.82, 2.24) is 19.6 Å². The fourth-order valence-electron chi connectivity index (χ4n) is 2.32. The van der Waals surface area contributed by atoms with Crippen molar-refractivity contribution in [1.29, 1.82) is 0 Å². The molecule has 2 aromatic heterocycles. The molecule has 0 atom stereocenters. The molecule has 6 nitrogen and oxygen atoms in total. The van der Waals surface area contributed by atoms with Gasteiger partial charge in [0, 0.05) is 17.1 Å². The summed E-state index contributed by atoms with van der Waals surface area (Å²) >= 11 is 0. The van der Waals surface area contributed by atoms with E-state index >= 15 is 0 Å². The van der Waals surface area contributed by atoms with Crippen LogP contribution in [0.4, 0.5) is 5.69 Å². The summed E-state index contributed by atoms with van der Waals surface area (Å²) in [5, 5.41) is 7.05. The predicted octanol–water partition coefficient (Wildman–Crippen LogP) is 2.56. The topological polar surface area (TPSA) is 72.2 Å². The minimum atomic E-state index is -0.337.